The van der Waals surface area contributed by atoms with Gasteiger partial charge in [0.25, 0.3) is 0 Å². The van der Waals surface area contributed by atoms with Crippen LogP contribution in [0.3, 0.4) is 0 Å². The summed E-state index contributed by atoms with van der Waals surface area (Å²) in [4.78, 5) is 17.9. The summed E-state index contributed by atoms with van der Waals surface area (Å²) in [5, 5.41) is 3.12. The molecule has 2 amide bonds. The van der Waals surface area contributed by atoms with Gasteiger partial charge in [0.15, 0.2) is 0 Å². The van der Waals surface area contributed by atoms with E-state index >= 15 is 0 Å². The number of ether oxygens (including phenoxy) is 1. The first kappa shape index (κ1) is 23.6. The predicted octanol–water partition coefficient (Wildman–Crippen LogP) is 5.20. The summed E-state index contributed by atoms with van der Waals surface area (Å²) < 4.78 is 19.2. The number of benzene rings is 2. The van der Waals surface area contributed by atoms with Gasteiger partial charge in [-0.3, -0.25) is 0 Å². The molecule has 0 radical (unpaired) electrons. The zero-order chi connectivity index (χ0) is 23.2. The second-order valence-corrected chi connectivity index (χ2v) is 9.77. The molecule has 0 bridgehead atoms. The first-order valence-electron chi connectivity index (χ1n) is 12.2. The van der Waals surface area contributed by atoms with Gasteiger partial charge in [0, 0.05) is 31.7 Å². The van der Waals surface area contributed by atoms with Gasteiger partial charge in [0.2, 0.25) is 0 Å². The normalized spacial score (nSPS) is 20.5. The van der Waals surface area contributed by atoms with E-state index in [-0.39, 0.29) is 17.9 Å². The topological polar surface area (TPSA) is 44.8 Å². The van der Waals surface area contributed by atoms with E-state index in [1.807, 2.05) is 29.2 Å². The van der Waals surface area contributed by atoms with E-state index in [9.17, 15) is 9.18 Å². The molecule has 5 nitrogen and oxygen atoms in total. The lowest BCUT2D eigenvalue weighted by atomic mass is 9.96. The fraction of sp³-hybridized carbons (Fsp3) is 0.519. The van der Waals surface area contributed by atoms with Crippen LogP contribution in [0, 0.1) is 11.7 Å². The highest BCUT2D eigenvalue weighted by Gasteiger charge is 2.35. The van der Waals surface area contributed by atoms with Crippen molar-refractivity contribution in [2.45, 2.75) is 64.7 Å². The Bertz CT molecular complexity index is 901. The van der Waals surface area contributed by atoms with Crippen molar-refractivity contribution in [3.63, 3.8) is 0 Å². The van der Waals surface area contributed by atoms with Gasteiger partial charge in [-0.05, 0) is 73.5 Å². The number of nitrogens with zero attached hydrogens (tertiary/aromatic N) is 2. The Balaban J connectivity index is 1.39. The molecule has 2 aliphatic heterocycles. The van der Waals surface area contributed by atoms with Gasteiger partial charge < -0.3 is 19.9 Å². The summed E-state index contributed by atoms with van der Waals surface area (Å²) in [7, 11) is 0. The Morgan fingerprint density at radius 1 is 1.09 bits per heavy atom. The molecule has 2 heterocycles. The Morgan fingerprint density at radius 2 is 1.82 bits per heavy atom. The van der Waals surface area contributed by atoms with Crippen LogP contribution < -0.4 is 10.1 Å². The van der Waals surface area contributed by atoms with Crippen LogP contribution in [0.1, 0.15) is 50.7 Å². The van der Waals surface area contributed by atoms with Crippen molar-refractivity contribution in [2.24, 2.45) is 5.92 Å². The zero-order valence-electron chi connectivity index (χ0n) is 19.8. The third kappa shape index (κ3) is 6.47. The second kappa shape index (κ2) is 11.0. The van der Waals surface area contributed by atoms with Gasteiger partial charge in [-0.15, -0.1) is 0 Å². The van der Waals surface area contributed by atoms with E-state index in [1.54, 1.807) is 12.1 Å². The van der Waals surface area contributed by atoms with Crippen LogP contribution in [0.4, 0.5) is 9.18 Å². The van der Waals surface area contributed by atoms with Crippen molar-refractivity contribution in [2.75, 3.05) is 19.7 Å². The number of piperidine rings is 1. The third-order valence-electron chi connectivity index (χ3n) is 6.71. The number of carbonyl (C=O) groups is 1. The molecule has 4 rings (SSSR count). The SMILES string of the molecule is CC(C)COc1ccc(CNC(=O)N(Cc2ccc(F)cc2)[C@@H]2CCN3CCC[C@H]3C2)cc1. The molecule has 178 valence electrons. The minimum absolute atomic E-state index is 0.0593. The second-order valence-electron chi connectivity index (χ2n) is 9.77. The largest absolute Gasteiger partial charge is 0.493 e. The molecule has 2 saturated heterocycles. The van der Waals surface area contributed by atoms with Gasteiger partial charge in [-0.25, -0.2) is 9.18 Å². The maximum Gasteiger partial charge on any atom is 0.318 e. The molecule has 0 saturated carbocycles. The van der Waals surface area contributed by atoms with Crippen LogP contribution >= 0.6 is 0 Å². The summed E-state index contributed by atoms with van der Waals surface area (Å²) in [6.07, 6.45) is 4.45. The quantitative estimate of drug-likeness (QED) is 0.598. The Hall–Kier alpha value is -2.60. The number of amides is 2. The van der Waals surface area contributed by atoms with Crippen LogP contribution in [0.2, 0.25) is 0 Å². The minimum atomic E-state index is -0.255. The van der Waals surface area contributed by atoms with Crippen LogP contribution in [0.15, 0.2) is 48.5 Å². The smallest absolute Gasteiger partial charge is 0.318 e. The Labute approximate surface area is 196 Å². The molecule has 6 heteroatoms. The van der Waals surface area contributed by atoms with Gasteiger partial charge in [0.05, 0.1) is 6.61 Å². The fourth-order valence-corrected chi connectivity index (χ4v) is 4.89. The summed E-state index contributed by atoms with van der Waals surface area (Å²) in [6.45, 7) is 8.11. The Morgan fingerprint density at radius 3 is 2.55 bits per heavy atom. The first-order chi connectivity index (χ1) is 16.0. The van der Waals surface area contributed by atoms with E-state index in [2.05, 4.69) is 24.1 Å². The van der Waals surface area contributed by atoms with Gasteiger partial charge in [-0.1, -0.05) is 38.1 Å². The standard InChI is InChI=1S/C27H36FN3O2/c1-20(2)19-33-26-11-7-21(8-12-26)17-29-27(32)31(18-22-5-9-23(28)10-6-22)25-13-15-30-14-3-4-24(30)16-25/h5-12,20,24-25H,3-4,13-19H2,1-2H3,(H,29,32)/t24-,25+/m0/s1. The van der Waals surface area contributed by atoms with E-state index in [0.717, 1.165) is 36.3 Å². The van der Waals surface area contributed by atoms with Gasteiger partial charge in [-0.2, -0.15) is 0 Å². The summed E-state index contributed by atoms with van der Waals surface area (Å²) in [5.41, 5.74) is 1.99. The fourth-order valence-electron chi connectivity index (χ4n) is 4.89. The summed E-state index contributed by atoms with van der Waals surface area (Å²) in [6, 6.07) is 15.1. The molecule has 2 aromatic carbocycles. The van der Waals surface area contributed by atoms with E-state index in [0.29, 0.717) is 31.7 Å². The molecule has 0 spiro atoms. The van der Waals surface area contributed by atoms with Crippen molar-refractivity contribution in [1.82, 2.24) is 15.1 Å². The molecule has 2 fully saturated rings. The molecule has 1 N–H and O–H groups in total. The van der Waals surface area contributed by atoms with Crippen LogP contribution in [-0.4, -0.2) is 47.6 Å². The Kier molecular flexibility index (Phi) is 7.86. The summed E-state index contributed by atoms with van der Waals surface area (Å²) in [5.74, 6) is 1.07. The molecular weight excluding hydrogens is 417 g/mol. The van der Waals surface area contributed by atoms with Crippen LogP contribution in [0.25, 0.3) is 0 Å². The van der Waals surface area contributed by atoms with Gasteiger partial charge in [0.1, 0.15) is 11.6 Å². The van der Waals surface area contributed by atoms with E-state index in [4.69, 9.17) is 4.74 Å². The third-order valence-corrected chi connectivity index (χ3v) is 6.71. The average Bonchev–Trinajstić information content (AvgIpc) is 3.29. The molecule has 2 atom stereocenters. The van der Waals surface area contributed by atoms with Crippen molar-refractivity contribution >= 4 is 6.03 Å². The van der Waals surface area contributed by atoms with E-state index < -0.39 is 0 Å². The highest BCUT2D eigenvalue weighted by atomic mass is 19.1. The number of carbonyl (C=O) groups excluding carboxylic acids is 1. The van der Waals surface area contributed by atoms with Crippen molar-refractivity contribution in [3.05, 3.63) is 65.5 Å². The maximum absolute atomic E-state index is 13.4. The number of hydrogen-bond acceptors (Lipinski definition) is 3. The highest BCUT2D eigenvalue weighted by Crippen LogP contribution is 2.30. The van der Waals surface area contributed by atoms with Crippen molar-refractivity contribution in [3.8, 4) is 5.75 Å². The molecule has 0 unspecified atom stereocenters. The number of urea groups is 1. The summed E-state index contributed by atoms with van der Waals surface area (Å²) >= 11 is 0. The van der Waals surface area contributed by atoms with Crippen molar-refractivity contribution in [1.29, 1.82) is 0 Å². The molecular formula is C27H36FN3O2. The molecule has 0 aromatic heterocycles. The van der Waals surface area contributed by atoms with Crippen LogP contribution in [0.5, 0.6) is 5.75 Å². The lowest BCUT2D eigenvalue weighted by molar-refractivity contribution is 0.0979. The number of halogens is 1. The predicted molar refractivity (Wildman–Crippen MR) is 129 cm³/mol. The number of hydrogen-bond donors (Lipinski definition) is 1. The monoisotopic (exact) mass is 453 g/mol. The lowest BCUT2D eigenvalue weighted by Crippen LogP contribution is -2.51. The van der Waals surface area contributed by atoms with Gasteiger partial charge >= 0.3 is 6.03 Å². The lowest BCUT2D eigenvalue weighted by Gasteiger charge is -2.40. The molecule has 2 aromatic rings. The number of fused-ring (bicyclic) bond motifs is 1. The van der Waals surface area contributed by atoms with Crippen LogP contribution in [-0.2, 0) is 13.1 Å². The molecule has 2 aliphatic rings. The van der Waals surface area contributed by atoms with Crippen molar-refractivity contribution < 1.29 is 13.9 Å². The molecule has 33 heavy (non-hydrogen) atoms. The minimum Gasteiger partial charge on any atom is -0.493 e. The average molecular weight is 454 g/mol. The zero-order valence-corrected chi connectivity index (χ0v) is 19.8. The maximum atomic E-state index is 13.4. The number of nitrogens with one attached hydrogen (secondary N) is 1. The number of rotatable bonds is 8. The highest BCUT2D eigenvalue weighted by molar-refractivity contribution is 5.74. The van der Waals surface area contributed by atoms with E-state index in [1.165, 1.54) is 31.5 Å². The molecule has 0 aliphatic carbocycles. The first-order valence-corrected chi connectivity index (χ1v) is 12.2.